The maximum atomic E-state index is 5.83. The summed E-state index contributed by atoms with van der Waals surface area (Å²) in [5.74, 6) is 0.683. The van der Waals surface area contributed by atoms with Gasteiger partial charge in [-0.15, -0.1) is 0 Å². The highest BCUT2D eigenvalue weighted by molar-refractivity contribution is 4.72. The van der Waals surface area contributed by atoms with Crippen LogP contribution in [0.5, 0.6) is 0 Å². The average molecular weight is 288 g/mol. The van der Waals surface area contributed by atoms with Gasteiger partial charge in [-0.25, -0.2) is 0 Å². The van der Waals surface area contributed by atoms with E-state index in [-0.39, 0.29) is 18.5 Å². The van der Waals surface area contributed by atoms with Crippen molar-refractivity contribution in [2.45, 2.75) is 45.2 Å². The van der Waals surface area contributed by atoms with Crippen LogP contribution in [0.25, 0.3) is 0 Å². The summed E-state index contributed by atoms with van der Waals surface area (Å²) in [7, 11) is 1.73. The van der Waals surface area contributed by atoms with Crippen LogP contribution in [0.3, 0.4) is 0 Å². The van der Waals surface area contributed by atoms with E-state index in [1.807, 2.05) is 0 Å². The first kappa shape index (κ1) is 16.2. The molecular weight excluding hydrogens is 260 g/mol. The molecular formula is C15H28O5. The van der Waals surface area contributed by atoms with E-state index in [0.717, 1.165) is 45.5 Å². The molecule has 0 aromatic heterocycles. The van der Waals surface area contributed by atoms with Crippen molar-refractivity contribution in [1.29, 1.82) is 0 Å². The van der Waals surface area contributed by atoms with Crippen LogP contribution in [0.15, 0.2) is 0 Å². The molecule has 2 saturated heterocycles. The lowest BCUT2D eigenvalue weighted by atomic mass is 10.0. The second-order valence-electron chi connectivity index (χ2n) is 5.68. The lowest BCUT2D eigenvalue weighted by molar-refractivity contribution is -0.281. The minimum absolute atomic E-state index is 0.0402. The van der Waals surface area contributed by atoms with E-state index in [1.54, 1.807) is 7.11 Å². The van der Waals surface area contributed by atoms with E-state index < -0.39 is 0 Å². The fraction of sp³-hybridized carbons (Fsp3) is 1.00. The Morgan fingerprint density at radius 3 is 2.25 bits per heavy atom. The molecule has 0 amide bonds. The van der Waals surface area contributed by atoms with Crippen LogP contribution in [-0.4, -0.2) is 52.7 Å². The van der Waals surface area contributed by atoms with E-state index in [0.29, 0.717) is 19.1 Å². The molecule has 118 valence electrons. The molecule has 0 unspecified atom stereocenters. The molecule has 0 aromatic carbocycles. The quantitative estimate of drug-likeness (QED) is 0.672. The second-order valence-corrected chi connectivity index (χ2v) is 5.68. The highest BCUT2D eigenvalue weighted by atomic mass is 16.7. The zero-order valence-electron chi connectivity index (χ0n) is 12.7. The van der Waals surface area contributed by atoms with Gasteiger partial charge in [0.2, 0.25) is 0 Å². The maximum Gasteiger partial charge on any atom is 0.164 e. The first-order valence-corrected chi connectivity index (χ1v) is 7.78. The van der Waals surface area contributed by atoms with Crippen LogP contribution in [0, 0.1) is 11.8 Å². The summed E-state index contributed by atoms with van der Waals surface area (Å²) in [5, 5.41) is 0. The van der Waals surface area contributed by atoms with Gasteiger partial charge in [-0.1, -0.05) is 13.3 Å². The third-order valence-corrected chi connectivity index (χ3v) is 3.85. The first-order chi connectivity index (χ1) is 9.83. The fourth-order valence-corrected chi connectivity index (χ4v) is 2.63. The molecule has 0 saturated carbocycles. The minimum Gasteiger partial charge on any atom is -0.385 e. The molecule has 2 fully saturated rings. The van der Waals surface area contributed by atoms with Crippen molar-refractivity contribution in [3.8, 4) is 0 Å². The molecule has 2 aliphatic rings. The van der Waals surface area contributed by atoms with E-state index in [4.69, 9.17) is 23.7 Å². The van der Waals surface area contributed by atoms with Crippen molar-refractivity contribution in [3.63, 3.8) is 0 Å². The van der Waals surface area contributed by atoms with Crippen LogP contribution in [-0.2, 0) is 23.7 Å². The third-order valence-electron chi connectivity index (χ3n) is 3.85. The standard InChI is InChI=1S/C15H28O5/c1-3-5-14-17-10-13(11-18-14)15-19-8-12(9-20-15)6-4-7-16-2/h12-15H,3-11H2,1-2H3/t12-,13?,14?,15-. The van der Waals surface area contributed by atoms with Gasteiger partial charge in [-0.05, 0) is 19.3 Å². The Balaban J connectivity index is 1.62. The molecule has 2 rings (SSSR count). The molecule has 0 aromatic rings. The predicted octanol–water partition coefficient (Wildman–Crippen LogP) is 2.19. The number of hydrogen-bond acceptors (Lipinski definition) is 5. The SMILES string of the molecule is CCCC1OCC([C@H]2OC[C@H](CCCOC)CO2)CO1. The third kappa shape index (κ3) is 4.97. The number of hydrogen-bond donors (Lipinski definition) is 0. The molecule has 2 aliphatic heterocycles. The molecule has 5 nitrogen and oxygen atoms in total. The van der Waals surface area contributed by atoms with Crippen molar-refractivity contribution < 1.29 is 23.7 Å². The van der Waals surface area contributed by atoms with E-state index in [9.17, 15) is 0 Å². The Bertz CT molecular complexity index is 245. The Morgan fingerprint density at radius 2 is 1.65 bits per heavy atom. The predicted molar refractivity (Wildman–Crippen MR) is 74.4 cm³/mol. The molecule has 2 heterocycles. The van der Waals surface area contributed by atoms with Crippen molar-refractivity contribution >= 4 is 0 Å². The lowest BCUT2D eigenvalue weighted by Crippen LogP contribution is -2.44. The highest BCUT2D eigenvalue weighted by Crippen LogP contribution is 2.25. The summed E-state index contributed by atoms with van der Waals surface area (Å²) in [6, 6.07) is 0. The van der Waals surface area contributed by atoms with Crippen molar-refractivity contribution in [2.75, 3.05) is 40.1 Å². The lowest BCUT2D eigenvalue weighted by Gasteiger charge is -2.37. The fourth-order valence-electron chi connectivity index (χ4n) is 2.63. The topological polar surface area (TPSA) is 46.2 Å². The highest BCUT2D eigenvalue weighted by Gasteiger charge is 2.33. The summed E-state index contributed by atoms with van der Waals surface area (Å²) in [6.07, 6.45) is 3.98. The normalized spacial score (nSPS) is 35.1. The van der Waals surface area contributed by atoms with Crippen LogP contribution in [0.2, 0.25) is 0 Å². The van der Waals surface area contributed by atoms with Gasteiger partial charge in [0.1, 0.15) is 0 Å². The number of methoxy groups -OCH3 is 1. The Morgan fingerprint density at radius 1 is 0.950 bits per heavy atom. The van der Waals surface area contributed by atoms with Gasteiger partial charge in [0.25, 0.3) is 0 Å². The zero-order valence-corrected chi connectivity index (χ0v) is 12.7. The van der Waals surface area contributed by atoms with Crippen molar-refractivity contribution in [2.24, 2.45) is 11.8 Å². The maximum absolute atomic E-state index is 5.83. The summed E-state index contributed by atoms with van der Waals surface area (Å²) in [4.78, 5) is 0. The average Bonchev–Trinajstić information content (AvgIpc) is 2.49. The molecule has 0 spiro atoms. The molecule has 0 N–H and O–H groups in total. The van der Waals surface area contributed by atoms with E-state index in [2.05, 4.69) is 6.92 Å². The monoisotopic (exact) mass is 288 g/mol. The summed E-state index contributed by atoms with van der Waals surface area (Å²) < 4.78 is 28.1. The first-order valence-electron chi connectivity index (χ1n) is 7.78. The van der Waals surface area contributed by atoms with Crippen molar-refractivity contribution in [1.82, 2.24) is 0 Å². The molecule has 5 heteroatoms. The van der Waals surface area contributed by atoms with Gasteiger partial charge >= 0.3 is 0 Å². The van der Waals surface area contributed by atoms with Gasteiger partial charge < -0.3 is 23.7 Å². The van der Waals surface area contributed by atoms with Gasteiger partial charge in [0.15, 0.2) is 12.6 Å². The van der Waals surface area contributed by atoms with Gasteiger partial charge in [-0.2, -0.15) is 0 Å². The van der Waals surface area contributed by atoms with E-state index in [1.165, 1.54) is 0 Å². The van der Waals surface area contributed by atoms with Crippen LogP contribution < -0.4 is 0 Å². The van der Waals surface area contributed by atoms with E-state index >= 15 is 0 Å². The van der Waals surface area contributed by atoms with Gasteiger partial charge in [0.05, 0.1) is 32.3 Å². The van der Waals surface area contributed by atoms with Crippen LogP contribution in [0.1, 0.15) is 32.6 Å². The Kier molecular flexibility index (Phi) is 7.24. The molecule has 0 aliphatic carbocycles. The molecule has 0 radical (unpaired) electrons. The zero-order chi connectivity index (χ0) is 14.2. The number of rotatable bonds is 7. The smallest absolute Gasteiger partial charge is 0.164 e. The van der Waals surface area contributed by atoms with Gasteiger partial charge in [0, 0.05) is 19.6 Å². The van der Waals surface area contributed by atoms with Crippen molar-refractivity contribution in [3.05, 3.63) is 0 Å². The summed E-state index contributed by atoms with van der Waals surface area (Å²) in [5.41, 5.74) is 0. The van der Waals surface area contributed by atoms with Gasteiger partial charge in [-0.3, -0.25) is 0 Å². The Hall–Kier alpha value is -0.200. The summed E-state index contributed by atoms with van der Waals surface area (Å²) >= 11 is 0. The minimum atomic E-state index is -0.170. The molecule has 20 heavy (non-hydrogen) atoms. The largest absolute Gasteiger partial charge is 0.385 e. The number of ether oxygens (including phenoxy) is 5. The summed E-state index contributed by atoms with van der Waals surface area (Å²) in [6.45, 7) is 5.82. The van der Waals surface area contributed by atoms with Crippen LogP contribution >= 0.6 is 0 Å². The molecule has 0 bridgehead atoms. The Labute approximate surface area is 121 Å². The van der Waals surface area contributed by atoms with Crippen LogP contribution in [0.4, 0.5) is 0 Å². The second kappa shape index (κ2) is 8.95. The molecule has 0 atom stereocenters.